The molecule has 0 aromatic heterocycles. The van der Waals surface area contributed by atoms with E-state index in [4.69, 9.17) is 9.31 Å². The standard InChI is InChI=1S/C31H29BO2S/c1-29(2)30(3,4)34-32(33-29)24-19-20-28-26(21-24)31(22-13-7-5-8-14-22,23-15-9-6-10-16-23)25-17-11-12-18-27(25)35-28/h5-21H,1-4H3. The Labute approximate surface area is 212 Å². The normalized spacial score (nSPS) is 19.1. The van der Waals surface area contributed by atoms with E-state index in [0.717, 1.165) is 5.46 Å². The Kier molecular flexibility index (Phi) is 5.26. The molecule has 6 rings (SSSR count). The summed E-state index contributed by atoms with van der Waals surface area (Å²) in [5.74, 6) is 0. The average molecular weight is 476 g/mol. The highest BCUT2D eigenvalue weighted by Gasteiger charge is 2.52. The van der Waals surface area contributed by atoms with Gasteiger partial charge in [0, 0.05) is 9.79 Å². The maximum absolute atomic E-state index is 6.46. The molecule has 2 nitrogen and oxygen atoms in total. The van der Waals surface area contributed by atoms with Crippen LogP contribution in [0.3, 0.4) is 0 Å². The molecule has 0 radical (unpaired) electrons. The minimum atomic E-state index is -0.445. The second-order valence-corrected chi connectivity index (χ2v) is 11.5. The van der Waals surface area contributed by atoms with Crippen LogP contribution in [0.4, 0.5) is 0 Å². The van der Waals surface area contributed by atoms with Gasteiger partial charge in [-0.3, -0.25) is 0 Å². The Balaban J connectivity index is 1.64. The molecule has 35 heavy (non-hydrogen) atoms. The molecule has 2 aliphatic rings. The van der Waals surface area contributed by atoms with E-state index in [0.29, 0.717) is 0 Å². The van der Waals surface area contributed by atoms with Crippen LogP contribution in [0.2, 0.25) is 0 Å². The lowest BCUT2D eigenvalue weighted by Gasteiger charge is -2.42. The van der Waals surface area contributed by atoms with Crippen LogP contribution in [0.25, 0.3) is 0 Å². The monoisotopic (exact) mass is 476 g/mol. The Morgan fingerprint density at radius 2 is 1.09 bits per heavy atom. The third-order valence-electron chi connectivity index (χ3n) is 7.86. The van der Waals surface area contributed by atoms with Crippen molar-refractivity contribution in [3.05, 3.63) is 125 Å². The molecule has 4 aromatic carbocycles. The summed E-state index contributed by atoms with van der Waals surface area (Å²) in [6, 6.07) is 37.3. The molecular weight excluding hydrogens is 447 g/mol. The minimum Gasteiger partial charge on any atom is -0.399 e. The fourth-order valence-electron chi connectivity index (χ4n) is 5.35. The Morgan fingerprint density at radius 3 is 1.69 bits per heavy atom. The molecule has 2 heterocycles. The van der Waals surface area contributed by atoms with Crippen molar-refractivity contribution < 1.29 is 9.31 Å². The Bertz CT molecular complexity index is 1330. The van der Waals surface area contributed by atoms with Gasteiger partial charge in [0.15, 0.2) is 0 Å². The van der Waals surface area contributed by atoms with Crippen molar-refractivity contribution in [2.45, 2.75) is 54.1 Å². The second kappa shape index (κ2) is 8.13. The highest BCUT2D eigenvalue weighted by molar-refractivity contribution is 7.99. The van der Waals surface area contributed by atoms with Gasteiger partial charge in [0.05, 0.1) is 16.6 Å². The third-order valence-corrected chi connectivity index (χ3v) is 9.01. The molecule has 0 saturated carbocycles. The van der Waals surface area contributed by atoms with E-state index in [-0.39, 0.29) is 11.2 Å². The number of hydrogen-bond donors (Lipinski definition) is 0. The van der Waals surface area contributed by atoms with Gasteiger partial charge in [0.2, 0.25) is 0 Å². The summed E-state index contributed by atoms with van der Waals surface area (Å²) < 4.78 is 12.9. The SMILES string of the molecule is CC1(C)OB(c2ccc3c(c2)C(c2ccccc2)(c2ccccc2)c2ccccc2S3)OC1(C)C. The zero-order valence-corrected chi connectivity index (χ0v) is 21.4. The predicted octanol–water partition coefficient (Wildman–Crippen LogP) is 6.83. The van der Waals surface area contributed by atoms with Crippen molar-refractivity contribution in [1.29, 1.82) is 0 Å². The molecule has 0 spiro atoms. The van der Waals surface area contributed by atoms with Gasteiger partial charge in [-0.15, -0.1) is 0 Å². The first kappa shape index (κ1) is 22.7. The van der Waals surface area contributed by atoms with Crippen LogP contribution < -0.4 is 5.46 Å². The van der Waals surface area contributed by atoms with Crippen molar-refractivity contribution in [2.24, 2.45) is 0 Å². The summed E-state index contributed by atoms with van der Waals surface area (Å²) in [5.41, 5.74) is 4.93. The lowest BCUT2D eigenvalue weighted by Crippen LogP contribution is -2.41. The van der Waals surface area contributed by atoms with Gasteiger partial charge in [-0.05, 0) is 67.5 Å². The van der Waals surface area contributed by atoms with Crippen LogP contribution in [0.15, 0.2) is 113 Å². The molecule has 2 aliphatic heterocycles. The molecule has 4 heteroatoms. The molecule has 1 saturated heterocycles. The van der Waals surface area contributed by atoms with Crippen molar-refractivity contribution in [3.63, 3.8) is 0 Å². The van der Waals surface area contributed by atoms with Gasteiger partial charge in [-0.2, -0.15) is 0 Å². The molecular formula is C31H29BO2S. The van der Waals surface area contributed by atoms with Crippen molar-refractivity contribution >= 4 is 24.3 Å². The van der Waals surface area contributed by atoms with Gasteiger partial charge >= 0.3 is 7.12 Å². The quantitative estimate of drug-likeness (QED) is 0.266. The smallest absolute Gasteiger partial charge is 0.399 e. The van der Waals surface area contributed by atoms with Gasteiger partial charge < -0.3 is 9.31 Å². The fraction of sp³-hybridized carbons (Fsp3) is 0.226. The maximum atomic E-state index is 6.46. The summed E-state index contributed by atoms with van der Waals surface area (Å²) >= 11 is 1.84. The highest BCUT2D eigenvalue weighted by atomic mass is 32.2. The molecule has 0 bridgehead atoms. The van der Waals surface area contributed by atoms with Crippen LogP contribution in [0.5, 0.6) is 0 Å². The topological polar surface area (TPSA) is 18.5 Å². The first-order valence-corrected chi connectivity index (χ1v) is 13.0. The summed E-state index contributed by atoms with van der Waals surface area (Å²) in [6.07, 6.45) is 0. The molecule has 174 valence electrons. The number of fused-ring (bicyclic) bond motifs is 2. The van der Waals surface area contributed by atoms with Crippen LogP contribution in [0.1, 0.15) is 49.9 Å². The maximum Gasteiger partial charge on any atom is 0.494 e. The zero-order valence-electron chi connectivity index (χ0n) is 20.6. The zero-order chi connectivity index (χ0) is 24.3. The Morgan fingerprint density at radius 1 is 0.571 bits per heavy atom. The van der Waals surface area contributed by atoms with Gasteiger partial charge in [-0.1, -0.05) is 103 Å². The van der Waals surface area contributed by atoms with E-state index in [2.05, 4.69) is 131 Å². The molecule has 0 amide bonds. The fourth-order valence-corrected chi connectivity index (χ4v) is 6.52. The number of rotatable bonds is 3. The third kappa shape index (κ3) is 3.42. The van der Waals surface area contributed by atoms with Crippen LogP contribution >= 0.6 is 11.8 Å². The van der Waals surface area contributed by atoms with E-state index in [1.54, 1.807) is 0 Å². The lowest BCUT2D eigenvalue weighted by atomic mass is 9.63. The lowest BCUT2D eigenvalue weighted by molar-refractivity contribution is 0.00578. The van der Waals surface area contributed by atoms with Gasteiger partial charge in [-0.25, -0.2) is 0 Å². The van der Waals surface area contributed by atoms with E-state index < -0.39 is 12.5 Å². The van der Waals surface area contributed by atoms with Crippen LogP contribution in [-0.4, -0.2) is 18.3 Å². The Hall–Kier alpha value is -2.79. The molecule has 0 atom stereocenters. The molecule has 1 fully saturated rings. The molecule has 0 unspecified atom stereocenters. The van der Waals surface area contributed by atoms with Crippen LogP contribution in [0, 0.1) is 0 Å². The summed E-state index contributed by atoms with van der Waals surface area (Å²) in [5, 5.41) is 0. The van der Waals surface area contributed by atoms with E-state index in [1.165, 1.54) is 32.0 Å². The van der Waals surface area contributed by atoms with Crippen molar-refractivity contribution in [1.82, 2.24) is 0 Å². The summed E-state index contributed by atoms with van der Waals surface area (Å²) in [7, 11) is -0.406. The van der Waals surface area contributed by atoms with E-state index in [1.807, 2.05) is 11.8 Å². The van der Waals surface area contributed by atoms with Crippen LogP contribution in [-0.2, 0) is 14.7 Å². The summed E-state index contributed by atoms with van der Waals surface area (Å²) in [6.45, 7) is 8.43. The van der Waals surface area contributed by atoms with Crippen molar-refractivity contribution in [3.8, 4) is 0 Å². The number of benzene rings is 4. The van der Waals surface area contributed by atoms with Gasteiger partial charge in [0.1, 0.15) is 0 Å². The number of hydrogen-bond acceptors (Lipinski definition) is 3. The second-order valence-electron chi connectivity index (χ2n) is 10.4. The highest BCUT2D eigenvalue weighted by Crippen LogP contribution is 2.55. The first-order chi connectivity index (χ1) is 16.8. The first-order valence-electron chi connectivity index (χ1n) is 12.2. The molecule has 4 aromatic rings. The predicted molar refractivity (Wildman–Crippen MR) is 145 cm³/mol. The summed E-state index contributed by atoms with van der Waals surface area (Å²) in [4.78, 5) is 2.55. The largest absolute Gasteiger partial charge is 0.494 e. The minimum absolute atomic E-state index is 0.384. The van der Waals surface area contributed by atoms with E-state index in [9.17, 15) is 0 Å². The van der Waals surface area contributed by atoms with Crippen molar-refractivity contribution in [2.75, 3.05) is 0 Å². The van der Waals surface area contributed by atoms with Gasteiger partial charge in [0.25, 0.3) is 0 Å². The van der Waals surface area contributed by atoms with E-state index >= 15 is 0 Å². The average Bonchev–Trinajstić information content (AvgIpc) is 3.10. The molecule has 0 N–H and O–H groups in total. The molecule has 0 aliphatic carbocycles.